The summed E-state index contributed by atoms with van der Waals surface area (Å²) in [5, 5.41) is 0.795. The van der Waals surface area contributed by atoms with Crippen LogP contribution < -0.4 is 0 Å². The zero-order valence-electron chi connectivity index (χ0n) is 5.01. The normalized spacial score (nSPS) is 52.9. The summed E-state index contributed by atoms with van der Waals surface area (Å²) in [4.78, 5) is 0. The summed E-state index contributed by atoms with van der Waals surface area (Å²) in [6.07, 6.45) is 5.90. The lowest BCUT2D eigenvalue weighted by molar-refractivity contribution is 0.130. The maximum Gasteiger partial charge on any atom is 0.00735 e. The van der Waals surface area contributed by atoms with Crippen molar-refractivity contribution in [1.29, 1.82) is 0 Å². The van der Waals surface area contributed by atoms with Crippen LogP contribution in [-0.4, -0.2) is 5.25 Å². The van der Waals surface area contributed by atoms with Crippen LogP contribution in [0.25, 0.3) is 0 Å². The SMILES string of the molecule is SC1C2CCCC1C2. The van der Waals surface area contributed by atoms with Crippen molar-refractivity contribution in [3.63, 3.8) is 0 Å². The molecule has 0 N–H and O–H groups in total. The minimum Gasteiger partial charge on any atom is -0.175 e. The van der Waals surface area contributed by atoms with Gasteiger partial charge in [-0.3, -0.25) is 0 Å². The Morgan fingerprint density at radius 2 is 1.75 bits per heavy atom. The zero-order chi connectivity index (χ0) is 5.56. The molecule has 0 spiro atoms. The molecule has 0 radical (unpaired) electrons. The van der Waals surface area contributed by atoms with Crippen molar-refractivity contribution in [2.45, 2.75) is 30.9 Å². The predicted molar refractivity (Wildman–Crippen MR) is 38.2 cm³/mol. The lowest BCUT2D eigenvalue weighted by Crippen LogP contribution is -2.41. The molecule has 3 rings (SSSR count). The summed E-state index contributed by atoms with van der Waals surface area (Å²) in [5.74, 6) is 2.02. The van der Waals surface area contributed by atoms with Gasteiger partial charge in [0.25, 0.3) is 0 Å². The van der Waals surface area contributed by atoms with E-state index in [1.807, 2.05) is 0 Å². The van der Waals surface area contributed by atoms with Gasteiger partial charge in [0.2, 0.25) is 0 Å². The summed E-state index contributed by atoms with van der Waals surface area (Å²) >= 11 is 4.51. The Morgan fingerprint density at radius 3 is 2.00 bits per heavy atom. The molecule has 3 saturated carbocycles. The Kier molecular flexibility index (Phi) is 1.07. The molecule has 2 atom stereocenters. The number of hydrogen-bond acceptors (Lipinski definition) is 1. The van der Waals surface area contributed by atoms with Gasteiger partial charge in [0.1, 0.15) is 0 Å². The second-order valence-electron chi connectivity index (χ2n) is 3.18. The number of fused-ring (bicyclic) bond motifs is 2. The van der Waals surface area contributed by atoms with Crippen LogP contribution in [0.1, 0.15) is 25.7 Å². The average molecular weight is 128 g/mol. The average Bonchev–Trinajstić information content (AvgIpc) is 1.89. The molecule has 0 aromatic carbocycles. The standard InChI is InChI=1S/C7H12S/c8-7-5-2-1-3-6(7)4-5/h5-8H,1-4H2. The van der Waals surface area contributed by atoms with Crippen molar-refractivity contribution in [1.82, 2.24) is 0 Å². The van der Waals surface area contributed by atoms with E-state index in [0.29, 0.717) is 0 Å². The molecular weight excluding hydrogens is 116 g/mol. The number of rotatable bonds is 0. The molecule has 3 aliphatic carbocycles. The van der Waals surface area contributed by atoms with E-state index in [9.17, 15) is 0 Å². The van der Waals surface area contributed by atoms with E-state index in [2.05, 4.69) is 12.6 Å². The lowest BCUT2D eigenvalue weighted by atomic mass is 9.65. The Balaban J connectivity index is 2.03. The first-order valence-electron chi connectivity index (χ1n) is 3.56. The molecule has 46 valence electrons. The first kappa shape index (κ1) is 5.16. The summed E-state index contributed by atoms with van der Waals surface area (Å²) in [5.41, 5.74) is 0. The lowest BCUT2D eigenvalue weighted by Gasteiger charge is -2.47. The predicted octanol–water partition coefficient (Wildman–Crippen LogP) is 2.10. The van der Waals surface area contributed by atoms with E-state index in [0.717, 1.165) is 17.1 Å². The molecule has 0 saturated heterocycles. The monoisotopic (exact) mass is 128 g/mol. The molecule has 0 nitrogen and oxygen atoms in total. The van der Waals surface area contributed by atoms with Crippen LogP contribution in [0.4, 0.5) is 0 Å². The van der Waals surface area contributed by atoms with Gasteiger partial charge >= 0.3 is 0 Å². The van der Waals surface area contributed by atoms with Crippen LogP contribution >= 0.6 is 12.6 Å². The third-order valence-corrected chi connectivity index (χ3v) is 3.56. The first-order valence-corrected chi connectivity index (χ1v) is 4.07. The Bertz CT molecular complexity index is 86.6. The molecule has 3 aliphatic rings. The van der Waals surface area contributed by atoms with Crippen LogP contribution in [0, 0.1) is 11.8 Å². The summed E-state index contributed by atoms with van der Waals surface area (Å²) in [7, 11) is 0. The second kappa shape index (κ2) is 1.66. The fraction of sp³-hybridized carbons (Fsp3) is 1.00. The third-order valence-electron chi connectivity index (χ3n) is 2.72. The fourth-order valence-corrected chi connectivity index (χ4v) is 2.62. The van der Waals surface area contributed by atoms with Crippen LogP contribution in [-0.2, 0) is 0 Å². The van der Waals surface area contributed by atoms with E-state index >= 15 is 0 Å². The molecule has 0 aliphatic heterocycles. The van der Waals surface area contributed by atoms with Gasteiger partial charge in [-0.2, -0.15) is 12.6 Å². The largest absolute Gasteiger partial charge is 0.175 e. The molecule has 2 bridgehead atoms. The maximum absolute atomic E-state index is 4.51. The first-order chi connectivity index (χ1) is 3.88. The van der Waals surface area contributed by atoms with Gasteiger partial charge in [-0.05, 0) is 31.1 Å². The summed E-state index contributed by atoms with van der Waals surface area (Å²) in [6, 6.07) is 0. The highest BCUT2D eigenvalue weighted by Gasteiger charge is 2.40. The zero-order valence-corrected chi connectivity index (χ0v) is 5.90. The molecule has 0 aromatic rings. The Labute approximate surface area is 56.1 Å². The van der Waals surface area contributed by atoms with Gasteiger partial charge in [-0.1, -0.05) is 6.42 Å². The topological polar surface area (TPSA) is 0 Å². The second-order valence-corrected chi connectivity index (χ2v) is 3.77. The third kappa shape index (κ3) is 0.540. The van der Waals surface area contributed by atoms with Crippen molar-refractivity contribution in [2.24, 2.45) is 11.8 Å². The van der Waals surface area contributed by atoms with Crippen LogP contribution in [0.3, 0.4) is 0 Å². The van der Waals surface area contributed by atoms with Gasteiger partial charge in [0.15, 0.2) is 0 Å². The molecule has 0 heterocycles. The summed E-state index contributed by atoms with van der Waals surface area (Å²) < 4.78 is 0. The van der Waals surface area contributed by atoms with Crippen LogP contribution in [0.2, 0.25) is 0 Å². The van der Waals surface area contributed by atoms with Gasteiger partial charge in [0.05, 0.1) is 0 Å². The molecule has 2 unspecified atom stereocenters. The van der Waals surface area contributed by atoms with Crippen molar-refractivity contribution < 1.29 is 0 Å². The molecule has 3 fully saturated rings. The van der Waals surface area contributed by atoms with Crippen molar-refractivity contribution in [3.8, 4) is 0 Å². The Morgan fingerprint density at radius 1 is 1.12 bits per heavy atom. The van der Waals surface area contributed by atoms with E-state index in [1.54, 1.807) is 0 Å². The molecule has 1 heteroatoms. The molecular formula is C7H12S. The molecule has 0 aromatic heterocycles. The number of hydrogen-bond donors (Lipinski definition) is 1. The smallest absolute Gasteiger partial charge is 0.00735 e. The fourth-order valence-electron chi connectivity index (χ4n) is 2.08. The number of thiol groups is 1. The molecule has 8 heavy (non-hydrogen) atoms. The maximum atomic E-state index is 4.51. The van der Waals surface area contributed by atoms with E-state index < -0.39 is 0 Å². The van der Waals surface area contributed by atoms with E-state index in [-0.39, 0.29) is 0 Å². The minimum absolute atomic E-state index is 0.795. The quantitative estimate of drug-likeness (QED) is 0.475. The van der Waals surface area contributed by atoms with Gasteiger partial charge in [-0.15, -0.1) is 0 Å². The van der Waals surface area contributed by atoms with E-state index in [1.165, 1.54) is 25.7 Å². The van der Waals surface area contributed by atoms with Crippen molar-refractivity contribution in [3.05, 3.63) is 0 Å². The van der Waals surface area contributed by atoms with Crippen LogP contribution in [0.5, 0.6) is 0 Å². The Hall–Kier alpha value is 0.350. The van der Waals surface area contributed by atoms with Gasteiger partial charge in [-0.25, -0.2) is 0 Å². The highest BCUT2D eigenvalue weighted by Crippen LogP contribution is 2.48. The van der Waals surface area contributed by atoms with Crippen LogP contribution in [0.15, 0.2) is 0 Å². The van der Waals surface area contributed by atoms with E-state index in [4.69, 9.17) is 0 Å². The van der Waals surface area contributed by atoms with Gasteiger partial charge < -0.3 is 0 Å². The highest BCUT2D eigenvalue weighted by molar-refractivity contribution is 7.81. The van der Waals surface area contributed by atoms with Crippen molar-refractivity contribution in [2.75, 3.05) is 0 Å². The summed E-state index contributed by atoms with van der Waals surface area (Å²) in [6.45, 7) is 0. The molecule has 0 amide bonds. The van der Waals surface area contributed by atoms with Gasteiger partial charge in [0, 0.05) is 5.25 Å². The highest BCUT2D eigenvalue weighted by atomic mass is 32.1. The van der Waals surface area contributed by atoms with Crippen molar-refractivity contribution >= 4 is 12.6 Å². The minimum atomic E-state index is 0.795.